The smallest absolute Gasteiger partial charge is 0.322 e. The number of ether oxygens (including phenoxy) is 1. The maximum Gasteiger partial charge on any atom is 0.322 e. The molecule has 2 saturated heterocycles. The molecular weight excluding hydrogens is 442 g/mol. The number of amides is 1. The molecule has 1 amide bonds. The van der Waals surface area contributed by atoms with Crippen molar-refractivity contribution in [2.75, 3.05) is 26.2 Å². The lowest BCUT2D eigenvalue weighted by Crippen LogP contribution is -2.48. The molecule has 3 atom stereocenters. The highest BCUT2D eigenvalue weighted by molar-refractivity contribution is 5.83. The zero-order valence-electron chi connectivity index (χ0n) is 20.9. The van der Waals surface area contributed by atoms with Gasteiger partial charge in [-0.3, -0.25) is 14.5 Å². The molecule has 8 nitrogen and oxygen atoms in total. The van der Waals surface area contributed by atoms with Gasteiger partial charge in [0.1, 0.15) is 6.04 Å². The fourth-order valence-corrected chi connectivity index (χ4v) is 5.67. The van der Waals surface area contributed by atoms with Crippen molar-refractivity contribution in [3.05, 3.63) is 35.5 Å². The Morgan fingerprint density at radius 2 is 2.03 bits per heavy atom. The van der Waals surface area contributed by atoms with Crippen LogP contribution in [0.2, 0.25) is 0 Å². The minimum absolute atomic E-state index is 0.118. The van der Waals surface area contributed by atoms with Crippen LogP contribution in [0, 0.1) is 11.3 Å². The van der Waals surface area contributed by atoms with Crippen molar-refractivity contribution in [2.24, 2.45) is 12.8 Å². The van der Waals surface area contributed by atoms with Gasteiger partial charge in [-0.25, -0.2) is 0 Å². The number of aryl methyl sites for hydroxylation is 2. The van der Waals surface area contributed by atoms with Gasteiger partial charge in [-0.05, 0) is 82.0 Å². The lowest BCUT2D eigenvalue weighted by molar-refractivity contribution is -0.144. The molecule has 2 aromatic rings. The Labute approximate surface area is 207 Å². The van der Waals surface area contributed by atoms with Gasteiger partial charge < -0.3 is 19.9 Å². The summed E-state index contributed by atoms with van der Waals surface area (Å²) in [5.74, 6) is -0.142. The molecule has 0 saturated carbocycles. The number of nitrogens with two attached hydrogens (primary N) is 1. The van der Waals surface area contributed by atoms with E-state index in [0.717, 1.165) is 62.5 Å². The summed E-state index contributed by atoms with van der Waals surface area (Å²) in [6, 6.07) is 9.70. The van der Waals surface area contributed by atoms with Crippen molar-refractivity contribution < 1.29 is 14.3 Å². The van der Waals surface area contributed by atoms with E-state index in [9.17, 15) is 14.9 Å². The zero-order chi connectivity index (χ0) is 24.9. The Balaban J connectivity index is 1.36. The standard InChI is InChI=1S/C27H37N5O3/c1-3-35-27(34)23(29)12-15-31-13-5-7-24(31)26(33)32-14-4-6-21(32)10-11-22-17-20-9-8-19(18-28)16-25(20)30(22)2/h8-9,16-17,21,23-24H,3-7,10-15,29H2,1-2H3/t21-,23-,24+/m0/s1. The first kappa shape index (κ1) is 25.2. The van der Waals surface area contributed by atoms with E-state index < -0.39 is 6.04 Å². The summed E-state index contributed by atoms with van der Waals surface area (Å²) in [7, 11) is 2.05. The van der Waals surface area contributed by atoms with Crippen molar-refractivity contribution >= 4 is 22.8 Å². The quantitative estimate of drug-likeness (QED) is 0.555. The van der Waals surface area contributed by atoms with Gasteiger partial charge in [0, 0.05) is 37.4 Å². The van der Waals surface area contributed by atoms with Crippen molar-refractivity contribution in [3.63, 3.8) is 0 Å². The van der Waals surface area contributed by atoms with Gasteiger partial charge in [0.25, 0.3) is 0 Å². The summed E-state index contributed by atoms with van der Waals surface area (Å²) in [5, 5.41) is 10.4. The summed E-state index contributed by atoms with van der Waals surface area (Å²) >= 11 is 0. The van der Waals surface area contributed by atoms with Crippen molar-refractivity contribution in [1.29, 1.82) is 5.26 Å². The summed E-state index contributed by atoms with van der Waals surface area (Å²) in [4.78, 5) is 29.7. The van der Waals surface area contributed by atoms with E-state index in [4.69, 9.17) is 10.5 Å². The lowest BCUT2D eigenvalue weighted by Gasteiger charge is -2.32. The van der Waals surface area contributed by atoms with Crippen LogP contribution in [0.1, 0.15) is 56.7 Å². The Hall–Kier alpha value is -2.89. The minimum Gasteiger partial charge on any atom is -0.465 e. The monoisotopic (exact) mass is 479 g/mol. The minimum atomic E-state index is -0.643. The molecular formula is C27H37N5O3. The van der Waals surface area contributed by atoms with Crippen LogP contribution in [0.15, 0.2) is 24.3 Å². The second-order valence-electron chi connectivity index (χ2n) is 9.79. The first-order valence-electron chi connectivity index (χ1n) is 12.9. The number of benzene rings is 1. The van der Waals surface area contributed by atoms with Gasteiger partial charge in [-0.15, -0.1) is 0 Å². The molecule has 0 spiro atoms. The molecule has 2 fully saturated rings. The maximum atomic E-state index is 13.6. The Kier molecular flexibility index (Phi) is 8.09. The number of hydrogen-bond acceptors (Lipinski definition) is 6. The summed E-state index contributed by atoms with van der Waals surface area (Å²) in [6.07, 6.45) is 6.25. The van der Waals surface area contributed by atoms with Crippen LogP contribution < -0.4 is 5.73 Å². The molecule has 2 aliphatic rings. The molecule has 2 N–H and O–H groups in total. The average molecular weight is 480 g/mol. The first-order chi connectivity index (χ1) is 16.9. The van der Waals surface area contributed by atoms with E-state index in [1.807, 2.05) is 25.2 Å². The molecule has 2 aliphatic heterocycles. The van der Waals surface area contributed by atoms with Gasteiger partial charge >= 0.3 is 5.97 Å². The molecule has 0 aliphatic carbocycles. The number of rotatable bonds is 9. The predicted molar refractivity (Wildman–Crippen MR) is 135 cm³/mol. The second-order valence-corrected chi connectivity index (χ2v) is 9.79. The molecule has 0 bridgehead atoms. The van der Waals surface area contributed by atoms with Crippen LogP contribution in [-0.4, -0.2) is 70.6 Å². The number of hydrogen-bond donors (Lipinski definition) is 1. The second kappa shape index (κ2) is 11.2. The van der Waals surface area contributed by atoms with Crippen LogP contribution in [0.4, 0.5) is 0 Å². The Bertz CT molecular complexity index is 1100. The zero-order valence-corrected chi connectivity index (χ0v) is 20.9. The van der Waals surface area contributed by atoms with E-state index in [1.165, 1.54) is 5.69 Å². The molecule has 3 heterocycles. The number of esters is 1. The van der Waals surface area contributed by atoms with Crippen LogP contribution in [0.5, 0.6) is 0 Å². The maximum absolute atomic E-state index is 13.6. The number of aromatic nitrogens is 1. The molecule has 188 valence electrons. The molecule has 0 unspecified atom stereocenters. The lowest BCUT2D eigenvalue weighted by atomic mass is 10.1. The average Bonchev–Trinajstić information content (AvgIpc) is 3.60. The third-order valence-electron chi connectivity index (χ3n) is 7.63. The van der Waals surface area contributed by atoms with Gasteiger partial charge in [0.2, 0.25) is 5.91 Å². The number of fused-ring (bicyclic) bond motifs is 1. The highest BCUT2D eigenvalue weighted by Gasteiger charge is 2.38. The molecule has 35 heavy (non-hydrogen) atoms. The third-order valence-corrected chi connectivity index (χ3v) is 7.63. The highest BCUT2D eigenvalue weighted by atomic mass is 16.5. The summed E-state index contributed by atoms with van der Waals surface area (Å²) < 4.78 is 7.19. The van der Waals surface area contributed by atoms with Crippen LogP contribution >= 0.6 is 0 Å². The topological polar surface area (TPSA) is 105 Å². The number of carbonyl (C=O) groups is 2. The molecule has 0 radical (unpaired) electrons. The molecule has 8 heteroatoms. The van der Waals surface area contributed by atoms with Crippen molar-refractivity contribution in [3.8, 4) is 6.07 Å². The molecule has 1 aromatic carbocycles. The van der Waals surface area contributed by atoms with E-state index >= 15 is 0 Å². The van der Waals surface area contributed by atoms with Gasteiger partial charge in [-0.2, -0.15) is 5.26 Å². The Morgan fingerprint density at radius 1 is 1.23 bits per heavy atom. The SMILES string of the molecule is CCOC(=O)[C@@H](N)CCN1CCC[C@@H]1C(=O)N1CCC[C@H]1CCc1cc2ccc(C#N)cc2n1C. The van der Waals surface area contributed by atoms with Gasteiger partial charge in [-0.1, -0.05) is 6.07 Å². The van der Waals surface area contributed by atoms with E-state index in [0.29, 0.717) is 25.1 Å². The van der Waals surface area contributed by atoms with E-state index in [1.54, 1.807) is 6.92 Å². The van der Waals surface area contributed by atoms with Crippen LogP contribution in [-0.2, 0) is 27.8 Å². The Morgan fingerprint density at radius 3 is 2.80 bits per heavy atom. The van der Waals surface area contributed by atoms with Crippen LogP contribution in [0.3, 0.4) is 0 Å². The summed E-state index contributed by atoms with van der Waals surface area (Å²) in [6.45, 7) is 4.42. The van der Waals surface area contributed by atoms with Crippen LogP contribution in [0.25, 0.3) is 10.9 Å². The predicted octanol–water partition coefficient (Wildman–Crippen LogP) is 2.72. The number of nitriles is 1. The van der Waals surface area contributed by atoms with Gasteiger partial charge in [0.15, 0.2) is 0 Å². The number of likely N-dealkylation sites (tertiary alicyclic amines) is 2. The van der Waals surface area contributed by atoms with Crippen molar-refractivity contribution in [1.82, 2.24) is 14.4 Å². The largest absolute Gasteiger partial charge is 0.465 e. The summed E-state index contributed by atoms with van der Waals surface area (Å²) in [5.41, 5.74) is 8.95. The third kappa shape index (κ3) is 5.52. The van der Waals surface area contributed by atoms with E-state index in [-0.39, 0.29) is 24.0 Å². The molecule has 1 aromatic heterocycles. The fraction of sp³-hybridized carbons (Fsp3) is 0.593. The first-order valence-corrected chi connectivity index (χ1v) is 12.9. The number of carbonyl (C=O) groups excluding carboxylic acids is 2. The number of nitrogens with zero attached hydrogens (tertiary/aromatic N) is 4. The molecule has 4 rings (SSSR count). The van der Waals surface area contributed by atoms with E-state index in [2.05, 4.69) is 26.5 Å². The van der Waals surface area contributed by atoms with Gasteiger partial charge in [0.05, 0.1) is 24.3 Å². The fourth-order valence-electron chi connectivity index (χ4n) is 5.67. The highest BCUT2D eigenvalue weighted by Crippen LogP contribution is 2.28. The van der Waals surface area contributed by atoms with Crippen molar-refractivity contribution in [2.45, 2.75) is 70.0 Å². The normalized spacial score (nSPS) is 21.4.